The van der Waals surface area contributed by atoms with E-state index >= 15 is 0 Å². The monoisotopic (exact) mass is 472 g/mol. The third-order valence-corrected chi connectivity index (χ3v) is 8.53. The first-order valence-electron chi connectivity index (χ1n) is 11.7. The Bertz CT molecular complexity index is 1060. The molecule has 33 heavy (non-hydrogen) atoms. The third kappa shape index (κ3) is 5.75. The molecule has 180 valence electrons. The highest BCUT2D eigenvalue weighted by atomic mass is 32.2. The van der Waals surface area contributed by atoms with E-state index in [2.05, 4.69) is 42.4 Å². The number of hydrogen-bond donors (Lipinski definition) is 2. The third-order valence-electron chi connectivity index (χ3n) is 6.47. The largest absolute Gasteiger partial charge is 0.376 e. The molecule has 2 aromatic rings. The molecule has 0 spiro atoms. The van der Waals surface area contributed by atoms with Gasteiger partial charge in [0.05, 0.1) is 11.4 Å². The van der Waals surface area contributed by atoms with Crippen LogP contribution in [0.3, 0.4) is 0 Å². The Morgan fingerprint density at radius 2 is 1.70 bits per heavy atom. The number of nitrogens with zero attached hydrogens (tertiary/aromatic N) is 2. The van der Waals surface area contributed by atoms with E-state index in [-0.39, 0.29) is 17.3 Å². The molecular formula is C25H36N4O3S. The average Bonchev–Trinajstić information content (AvgIpc) is 3.23. The van der Waals surface area contributed by atoms with Crippen LogP contribution in [-0.2, 0) is 27.9 Å². The topological polar surface area (TPSA) is 81.8 Å². The van der Waals surface area contributed by atoms with Crippen molar-refractivity contribution in [1.82, 2.24) is 9.21 Å². The number of rotatable bonds is 10. The Hall–Kier alpha value is -2.42. The molecule has 1 aliphatic rings. The van der Waals surface area contributed by atoms with Crippen molar-refractivity contribution in [3.8, 4) is 0 Å². The summed E-state index contributed by atoms with van der Waals surface area (Å²) in [6.07, 6.45) is 0. The van der Waals surface area contributed by atoms with Crippen LogP contribution in [0.5, 0.6) is 0 Å². The lowest BCUT2D eigenvalue weighted by atomic mass is 10.1. The van der Waals surface area contributed by atoms with E-state index in [1.165, 1.54) is 27.6 Å². The average molecular weight is 473 g/mol. The van der Waals surface area contributed by atoms with E-state index in [1.54, 1.807) is 12.1 Å². The molecule has 0 fully saturated rings. The first-order chi connectivity index (χ1) is 15.7. The molecular weight excluding hydrogens is 436 g/mol. The van der Waals surface area contributed by atoms with Crippen molar-refractivity contribution < 1.29 is 13.2 Å². The second-order valence-corrected chi connectivity index (χ2v) is 10.8. The van der Waals surface area contributed by atoms with E-state index in [4.69, 9.17) is 0 Å². The summed E-state index contributed by atoms with van der Waals surface area (Å²) in [6.45, 7) is 13.1. The van der Waals surface area contributed by atoms with Gasteiger partial charge in [0.1, 0.15) is 0 Å². The Morgan fingerprint density at radius 3 is 2.30 bits per heavy atom. The number of carbonyl (C=O) groups excluding carboxylic acids is 1. The van der Waals surface area contributed by atoms with Crippen molar-refractivity contribution in [3.63, 3.8) is 0 Å². The van der Waals surface area contributed by atoms with Gasteiger partial charge in [-0.25, -0.2) is 8.42 Å². The molecule has 0 saturated heterocycles. The van der Waals surface area contributed by atoms with E-state index in [0.717, 1.165) is 18.8 Å². The van der Waals surface area contributed by atoms with E-state index in [1.807, 2.05) is 26.0 Å². The molecule has 1 heterocycles. The molecule has 2 aromatic carbocycles. The number of hydrogen-bond acceptors (Lipinski definition) is 5. The molecule has 1 atom stereocenters. The van der Waals surface area contributed by atoms with Crippen LogP contribution in [0.25, 0.3) is 0 Å². The second kappa shape index (κ2) is 10.7. The lowest BCUT2D eigenvalue weighted by molar-refractivity contribution is -0.114. The summed E-state index contributed by atoms with van der Waals surface area (Å²) in [5.41, 5.74) is 4.11. The maximum absolute atomic E-state index is 12.6. The van der Waals surface area contributed by atoms with Crippen LogP contribution in [0.1, 0.15) is 45.7 Å². The normalized spacial score (nSPS) is 15.0. The van der Waals surface area contributed by atoms with Crippen LogP contribution in [0.4, 0.5) is 11.4 Å². The smallest absolute Gasteiger partial charge is 0.243 e. The van der Waals surface area contributed by atoms with Gasteiger partial charge in [-0.1, -0.05) is 39.8 Å². The highest BCUT2D eigenvalue weighted by Crippen LogP contribution is 2.32. The molecule has 8 heteroatoms. The fourth-order valence-electron chi connectivity index (χ4n) is 4.13. The molecule has 0 radical (unpaired) electrons. The Labute approximate surface area is 198 Å². The molecule has 1 aliphatic heterocycles. The molecule has 2 N–H and O–H groups in total. The fraction of sp³-hybridized carbons (Fsp3) is 0.480. The summed E-state index contributed by atoms with van der Waals surface area (Å²) in [4.78, 5) is 15.2. The summed E-state index contributed by atoms with van der Waals surface area (Å²) >= 11 is 0. The molecule has 0 bridgehead atoms. The zero-order valence-corrected chi connectivity index (χ0v) is 21.1. The van der Waals surface area contributed by atoms with Crippen molar-refractivity contribution in [1.29, 1.82) is 0 Å². The summed E-state index contributed by atoms with van der Waals surface area (Å²) in [7, 11) is -3.51. The van der Waals surface area contributed by atoms with Gasteiger partial charge in [-0.15, -0.1) is 0 Å². The second-order valence-electron chi connectivity index (χ2n) is 8.85. The summed E-state index contributed by atoms with van der Waals surface area (Å²) < 4.78 is 26.6. The Balaban J connectivity index is 1.60. The minimum Gasteiger partial charge on any atom is -0.376 e. The minimum atomic E-state index is -3.51. The summed E-state index contributed by atoms with van der Waals surface area (Å²) in [5, 5.41) is 6.12. The highest BCUT2D eigenvalue weighted by Gasteiger charge is 2.26. The predicted molar refractivity (Wildman–Crippen MR) is 134 cm³/mol. The first-order valence-corrected chi connectivity index (χ1v) is 13.1. The molecule has 0 aliphatic carbocycles. The molecule has 1 amide bonds. The van der Waals surface area contributed by atoms with Crippen molar-refractivity contribution >= 4 is 27.3 Å². The first kappa shape index (κ1) is 25.2. The van der Waals surface area contributed by atoms with Gasteiger partial charge in [0.25, 0.3) is 0 Å². The van der Waals surface area contributed by atoms with Gasteiger partial charge in [0.15, 0.2) is 0 Å². The van der Waals surface area contributed by atoms with Gasteiger partial charge < -0.3 is 10.6 Å². The number of benzene rings is 2. The number of amides is 1. The number of carbonyl (C=O) groups is 1. The Morgan fingerprint density at radius 1 is 1.03 bits per heavy atom. The maximum atomic E-state index is 12.6. The lowest BCUT2D eigenvalue weighted by Crippen LogP contribution is -2.32. The number of sulfonamides is 1. The lowest BCUT2D eigenvalue weighted by Gasteiger charge is -2.27. The van der Waals surface area contributed by atoms with Gasteiger partial charge in [-0.05, 0) is 54.3 Å². The molecule has 3 rings (SSSR count). The number of nitrogens with one attached hydrogen (secondary N) is 2. The zero-order chi connectivity index (χ0) is 24.2. The van der Waals surface area contributed by atoms with Gasteiger partial charge >= 0.3 is 0 Å². The summed E-state index contributed by atoms with van der Waals surface area (Å²) in [5.74, 6) is 0.396. The molecule has 0 saturated carbocycles. The van der Waals surface area contributed by atoms with Crippen molar-refractivity contribution in [3.05, 3.63) is 53.6 Å². The SMILES string of the molecule is CCN(CC)S(=O)(=O)c1ccc(NC(=O)CNc2cccc3c2CN(C(C)C(C)C)C3)cc1. The molecule has 7 nitrogen and oxygen atoms in total. The van der Waals surface area contributed by atoms with E-state index < -0.39 is 10.0 Å². The van der Waals surface area contributed by atoms with Gasteiger partial charge in [-0.3, -0.25) is 9.69 Å². The highest BCUT2D eigenvalue weighted by molar-refractivity contribution is 7.89. The minimum absolute atomic E-state index is 0.135. The van der Waals surface area contributed by atoms with Gasteiger partial charge in [-0.2, -0.15) is 4.31 Å². The quantitative estimate of drug-likeness (QED) is 0.543. The molecule has 0 aromatic heterocycles. The Kier molecular flexibility index (Phi) is 8.15. The summed E-state index contributed by atoms with van der Waals surface area (Å²) in [6, 6.07) is 13.0. The van der Waals surface area contributed by atoms with E-state index in [0.29, 0.717) is 30.7 Å². The molecule has 1 unspecified atom stereocenters. The maximum Gasteiger partial charge on any atom is 0.243 e. The van der Waals surface area contributed by atoms with Crippen molar-refractivity contribution in [2.24, 2.45) is 5.92 Å². The predicted octanol–water partition coefficient (Wildman–Crippen LogP) is 4.13. The zero-order valence-electron chi connectivity index (χ0n) is 20.3. The van der Waals surface area contributed by atoms with Gasteiger partial charge in [0, 0.05) is 43.6 Å². The van der Waals surface area contributed by atoms with Gasteiger partial charge in [0.2, 0.25) is 15.9 Å². The van der Waals surface area contributed by atoms with Crippen LogP contribution in [0.2, 0.25) is 0 Å². The van der Waals surface area contributed by atoms with Crippen molar-refractivity contribution in [2.45, 2.75) is 58.6 Å². The van der Waals surface area contributed by atoms with Crippen LogP contribution >= 0.6 is 0 Å². The standard InChI is InChI=1S/C25H36N4O3S/c1-6-29(7-2)33(31,32)22-13-11-21(12-14-22)27-25(30)15-26-24-10-8-9-20-16-28(17-23(20)24)19(5)18(3)4/h8-14,18-19,26H,6-7,15-17H2,1-5H3,(H,27,30). The van der Waals surface area contributed by atoms with E-state index in [9.17, 15) is 13.2 Å². The number of fused-ring (bicyclic) bond motifs is 1. The fourth-order valence-corrected chi connectivity index (χ4v) is 5.58. The van der Waals surface area contributed by atoms with Crippen LogP contribution < -0.4 is 10.6 Å². The van der Waals surface area contributed by atoms with Crippen molar-refractivity contribution in [2.75, 3.05) is 30.3 Å². The van der Waals surface area contributed by atoms with Crippen LogP contribution in [-0.4, -0.2) is 49.2 Å². The van der Waals surface area contributed by atoms with Crippen LogP contribution in [0, 0.1) is 5.92 Å². The van der Waals surface area contributed by atoms with Crippen LogP contribution in [0.15, 0.2) is 47.4 Å². The number of anilines is 2.